The van der Waals surface area contributed by atoms with Crippen molar-refractivity contribution < 1.29 is 29.3 Å². The number of benzene rings is 2. The van der Waals surface area contributed by atoms with E-state index in [1.807, 2.05) is 0 Å². The molecule has 0 radical (unpaired) electrons. The standard InChI is InChI=1S/C14H12N2O6/c15-14(21)16-11(18)6-22-13(20)9-5-10(17)7-3-1-2-4-8(7)12(9)19/h1-5,17,19H,6H2,(H3,15,16,18,21). The van der Waals surface area contributed by atoms with Gasteiger partial charge in [0.25, 0.3) is 5.91 Å². The Labute approximate surface area is 124 Å². The van der Waals surface area contributed by atoms with Gasteiger partial charge in [0.2, 0.25) is 0 Å². The van der Waals surface area contributed by atoms with Crippen LogP contribution < -0.4 is 11.1 Å². The molecule has 2 aromatic carbocycles. The largest absolute Gasteiger partial charge is 0.507 e. The van der Waals surface area contributed by atoms with Crippen LogP contribution in [-0.2, 0) is 9.53 Å². The lowest BCUT2D eigenvalue weighted by Gasteiger charge is -2.09. The molecule has 2 aromatic rings. The van der Waals surface area contributed by atoms with Crippen LogP contribution in [0.1, 0.15) is 10.4 Å². The molecule has 0 saturated carbocycles. The molecule has 5 N–H and O–H groups in total. The number of ether oxygens (including phenoxy) is 1. The van der Waals surface area contributed by atoms with E-state index in [0.29, 0.717) is 5.39 Å². The second-order valence-electron chi connectivity index (χ2n) is 4.33. The predicted octanol–water partition coefficient (Wildman–Crippen LogP) is 0.603. The Kier molecular flexibility index (Phi) is 4.12. The van der Waals surface area contributed by atoms with Gasteiger partial charge in [-0.15, -0.1) is 0 Å². The molecule has 8 heteroatoms. The van der Waals surface area contributed by atoms with Crippen LogP contribution in [0.15, 0.2) is 30.3 Å². The number of primary amides is 1. The van der Waals surface area contributed by atoms with E-state index < -0.39 is 24.5 Å². The van der Waals surface area contributed by atoms with E-state index in [1.54, 1.807) is 23.5 Å². The van der Waals surface area contributed by atoms with Crippen LogP contribution >= 0.6 is 0 Å². The van der Waals surface area contributed by atoms with Gasteiger partial charge in [-0.1, -0.05) is 24.3 Å². The third-order valence-electron chi connectivity index (χ3n) is 2.81. The number of imide groups is 1. The zero-order valence-electron chi connectivity index (χ0n) is 11.2. The lowest BCUT2D eigenvalue weighted by Crippen LogP contribution is -2.37. The molecule has 0 aliphatic heterocycles. The molecule has 0 saturated heterocycles. The number of urea groups is 1. The normalized spacial score (nSPS) is 10.2. The molecule has 0 bridgehead atoms. The van der Waals surface area contributed by atoms with E-state index in [-0.39, 0.29) is 22.4 Å². The number of rotatable bonds is 3. The molecule has 0 fully saturated rings. The van der Waals surface area contributed by atoms with Gasteiger partial charge in [0.15, 0.2) is 6.61 Å². The number of nitrogens with two attached hydrogens (primary N) is 1. The van der Waals surface area contributed by atoms with Gasteiger partial charge in [-0.3, -0.25) is 10.1 Å². The molecule has 0 unspecified atom stereocenters. The fourth-order valence-electron chi connectivity index (χ4n) is 1.88. The Morgan fingerprint density at radius 1 is 1.14 bits per heavy atom. The number of esters is 1. The topological polar surface area (TPSA) is 139 Å². The summed E-state index contributed by atoms with van der Waals surface area (Å²) in [6, 6.07) is 6.32. The van der Waals surface area contributed by atoms with Crippen LogP contribution in [0.4, 0.5) is 4.79 Å². The summed E-state index contributed by atoms with van der Waals surface area (Å²) in [5.74, 6) is -2.54. The second-order valence-corrected chi connectivity index (χ2v) is 4.33. The summed E-state index contributed by atoms with van der Waals surface area (Å²) in [7, 11) is 0. The third kappa shape index (κ3) is 3.06. The number of carbonyl (C=O) groups excluding carboxylic acids is 3. The number of amides is 3. The molecule has 0 heterocycles. The molecule has 3 amide bonds. The van der Waals surface area contributed by atoms with E-state index in [2.05, 4.69) is 4.74 Å². The first-order valence-corrected chi connectivity index (χ1v) is 6.10. The van der Waals surface area contributed by atoms with Crippen LogP contribution in [0, 0.1) is 0 Å². The smallest absolute Gasteiger partial charge is 0.342 e. The van der Waals surface area contributed by atoms with Crippen molar-refractivity contribution in [3.05, 3.63) is 35.9 Å². The molecule has 114 valence electrons. The molecule has 0 aliphatic carbocycles. The van der Waals surface area contributed by atoms with Gasteiger partial charge >= 0.3 is 12.0 Å². The van der Waals surface area contributed by atoms with Crippen molar-refractivity contribution in [3.8, 4) is 11.5 Å². The van der Waals surface area contributed by atoms with E-state index in [1.165, 1.54) is 6.07 Å². The van der Waals surface area contributed by atoms with Gasteiger partial charge in [-0.25, -0.2) is 9.59 Å². The fraction of sp³-hybridized carbons (Fsp3) is 0.0714. The average Bonchev–Trinajstić information content (AvgIpc) is 2.48. The number of phenols is 2. The Balaban J connectivity index is 2.23. The highest BCUT2D eigenvalue weighted by Gasteiger charge is 2.19. The molecular weight excluding hydrogens is 292 g/mol. The summed E-state index contributed by atoms with van der Waals surface area (Å²) in [5, 5.41) is 22.3. The first-order chi connectivity index (χ1) is 10.4. The maximum Gasteiger partial charge on any atom is 0.342 e. The Morgan fingerprint density at radius 3 is 2.41 bits per heavy atom. The lowest BCUT2D eigenvalue weighted by molar-refractivity contribution is -0.123. The molecule has 8 nitrogen and oxygen atoms in total. The summed E-state index contributed by atoms with van der Waals surface area (Å²) in [5.41, 5.74) is 4.43. The maximum absolute atomic E-state index is 11.9. The summed E-state index contributed by atoms with van der Waals surface area (Å²) in [6.07, 6.45) is 0. The summed E-state index contributed by atoms with van der Waals surface area (Å²) >= 11 is 0. The predicted molar refractivity (Wildman–Crippen MR) is 75.3 cm³/mol. The van der Waals surface area contributed by atoms with Crippen LogP contribution in [0.3, 0.4) is 0 Å². The average molecular weight is 304 g/mol. The van der Waals surface area contributed by atoms with Crippen LogP contribution in [-0.4, -0.2) is 34.7 Å². The monoisotopic (exact) mass is 304 g/mol. The number of phenolic OH excluding ortho intramolecular Hbond substituents is 2. The second kappa shape index (κ2) is 6.00. The first-order valence-electron chi connectivity index (χ1n) is 6.10. The van der Waals surface area contributed by atoms with Crippen LogP contribution in [0.25, 0.3) is 10.8 Å². The molecule has 2 rings (SSSR count). The fourth-order valence-corrected chi connectivity index (χ4v) is 1.88. The minimum atomic E-state index is -1.08. The van der Waals surface area contributed by atoms with E-state index in [4.69, 9.17) is 5.73 Å². The summed E-state index contributed by atoms with van der Waals surface area (Å²) < 4.78 is 4.65. The van der Waals surface area contributed by atoms with Gasteiger partial charge in [0.05, 0.1) is 0 Å². The van der Waals surface area contributed by atoms with Crippen molar-refractivity contribution in [2.24, 2.45) is 5.73 Å². The molecule has 0 atom stereocenters. The minimum absolute atomic E-state index is 0.220. The minimum Gasteiger partial charge on any atom is -0.507 e. The van der Waals surface area contributed by atoms with Gasteiger partial charge in [0.1, 0.15) is 17.1 Å². The van der Waals surface area contributed by atoms with E-state index in [9.17, 15) is 24.6 Å². The van der Waals surface area contributed by atoms with Gasteiger partial charge in [-0.05, 0) is 6.07 Å². The van der Waals surface area contributed by atoms with E-state index in [0.717, 1.165) is 6.07 Å². The molecule has 0 aromatic heterocycles. The first kappa shape index (κ1) is 15.1. The number of hydrogen-bond acceptors (Lipinski definition) is 6. The van der Waals surface area contributed by atoms with Gasteiger partial charge in [-0.2, -0.15) is 0 Å². The summed E-state index contributed by atoms with van der Waals surface area (Å²) in [6.45, 7) is -0.755. The van der Waals surface area contributed by atoms with E-state index >= 15 is 0 Å². The highest BCUT2D eigenvalue weighted by atomic mass is 16.5. The van der Waals surface area contributed by atoms with Crippen LogP contribution in [0.2, 0.25) is 0 Å². The number of hydrogen-bond donors (Lipinski definition) is 4. The highest BCUT2D eigenvalue weighted by molar-refractivity contribution is 6.04. The third-order valence-corrected chi connectivity index (χ3v) is 2.81. The van der Waals surface area contributed by atoms with Crippen molar-refractivity contribution in [1.82, 2.24) is 5.32 Å². The molecule has 0 aliphatic rings. The number of nitrogens with one attached hydrogen (secondary N) is 1. The zero-order valence-corrected chi connectivity index (χ0v) is 11.2. The van der Waals surface area contributed by atoms with Crippen molar-refractivity contribution >= 4 is 28.7 Å². The van der Waals surface area contributed by atoms with Crippen LogP contribution in [0.5, 0.6) is 11.5 Å². The van der Waals surface area contributed by atoms with Crippen molar-refractivity contribution in [1.29, 1.82) is 0 Å². The van der Waals surface area contributed by atoms with Crippen molar-refractivity contribution in [2.45, 2.75) is 0 Å². The lowest BCUT2D eigenvalue weighted by atomic mass is 10.0. The molecule has 22 heavy (non-hydrogen) atoms. The van der Waals surface area contributed by atoms with Gasteiger partial charge < -0.3 is 20.7 Å². The van der Waals surface area contributed by atoms with Crippen molar-refractivity contribution in [2.75, 3.05) is 6.61 Å². The Hall–Kier alpha value is -3.29. The SMILES string of the molecule is NC(=O)NC(=O)COC(=O)c1cc(O)c2ccccc2c1O. The number of carbonyl (C=O) groups is 3. The van der Waals surface area contributed by atoms with Crippen molar-refractivity contribution in [3.63, 3.8) is 0 Å². The van der Waals surface area contributed by atoms with Gasteiger partial charge in [0, 0.05) is 10.8 Å². The Bertz CT molecular complexity index is 771. The maximum atomic E-state index is 11.9. The quantitative estimate of drug-likeness (QED) is 0.484. The zero-order chi connectivity index (χ0) is 16.3. The number of aromatic hydroxyl groups is 2. The molecular formula is C14H12N2O6. The summed E-state index contributed by atoms with van der Waals surface area (Å²) in [4.78, 5) is 33.5. The Morgan fingerprint density at radius 2 is 1.77 bits per heavy atom. The molecule has 0 spiro atoms. The highest BCUT2D eigenvalue weighted by Crippen LogP contribution is 2.35. The number of fused-ring (bicyclic) bond motifs is 1.